The second-order valence-corrected chi connectivity index (χ2v) is 4.38. The Morgan fingerprint density at radius 2 is 1.80 bits per heavy atom. The van der Waals surface area contributed by atoms with Gasteiger partial charge in [0.15, 0.2) is 0 Å². The van der Waals surface area contributed by atoms with E-state index >= 15 is 0 Å². The lowest BCUT2D eigenvalue weighted by Gasteiger charge is -2.11. The number of aromatic nitrogens is 1. The fraction of sp³-hybridized carbons (Fsp3) is 0. The number of nitrogens with one attached hydrogen (secondary N) is 1. The third kappa shape index (κ3) is 2.19. The Hall–Kier alpha value is -2.88. The quantitative estimate of drug-likeness (QED) is 0.757. The van der Waals surface area contributed by atoms with Crippen molar-refractivity contribution in [2.45, 2.75) is 0 Å². The summed E-state index contributed by atoms with van der Waals surface area (Å²) in [5.74, 6) is -0.977. The van der Waals surface area contributed by atoms with Gasteiger partial charge in [0.1, 0.15) is 0 Å². The van der Waals surface area contributed by atoms with Crippen LogP contribution in [0.2, 0.25) is 0 Å². The number of pyridine rings is 1. The number of benzene rings is 2. The van der Waals surface area contributed by atoms with Gasteiger partial charge in [-0.3, -0.25) is 4.98 Å². The summed E-state index contributed by atoms with van der Waals surface area (Å²) >= 11 is 0. The van der Waals surface area contributed by atoms with E-state index in [1.54, 1.807) is 0 Å². The Bertz CT molecular complexity index is 779. The maximum absolute atomic E-state index is 11.2. The van der Waals surface area contributed by atoms with Gasteiger partial charge in [-0.25, -0.2) is 4.79 Å². The van der Waals surface area contributed by atoms with E-state index in [0.717, 1.165) is 16.5 Å². The molecule has 0 saturated carbocycles. The zero-order chi connectivity index (χ0) is 13.9. The van der Waals surface area contributed by atoms with Gasteiger partial charge in [-0.15, -0.1) is 0 Å². The SMILES string of the molecule is O=C(O)c1ccncc1Nc1cccc2ccccc12. The van der Waals surface area contributed by atoms with Crippen LogP contribution in [0.5, 0.6) is 0 Å². The highest BCUT2D eigenvalue weighted by molar-refractivity contribution is 5.99. The minimum absolute atomic E-state index is 0.202. The highest BCUT2D eigenvalue weighted by Gasteiger charge is 2.10. The molecule has 0 radical (unpaired) electrons. The number of carboxylic acids is 1. The van der Waals surface area contributed by atoms with E-state index in [0.29, 0.717) is 5.69 Å². The molecule has 4 heteroatoms. The summed E-state index contributed by atoms with van der Waals surface area (Å²) in [6, 6.07) is 15.3. The Morgan fingerprint density at radius 3 is 2.65 bits per heavy atom. The zero-order valence-corrected chi connectivity index (χ0v) is 10.6. The summed E-state index contributed by atoms with van der Waals surface area (Å²) in [5, 5.41) is 14.5. The highest BCUT2D eigenvalue weighted by Crippen LogP contribution is 2.27. The normalized spacial score (nSPS) is 10.4. The third-order valence-electron chi connectivity index (χ3n) is 3.11. The van der Waals surface area contributed by atoms with Crippen molar-refractivity contribution in [3.05, 3.63) is 66.5 Å². The maximum atomic E-state index is 11.2. The molecule has 0 aliphatic carbocycles. The van der Waals surface area contributed by atoms with Gasteiger partial charge in [-0.05, 0) is 17.5 Å². The Balaban J connectivity index is 2.08. The fourth-order valence-electron chi connectivity index (χ4n) is 2.16. The lowest BCUT2D eigenvalue weighted by Crippen LogP contribution is -2.03. The van der Waals surface area contributed by atoms with E-state index in [1.807, 2.05) is 42.5 Å². The number of rotatable bonds is 3. The number of fused-ring (bicyclic) bond motifs is 1. The predicted molar refractivity (Wildman–Crippen MR) is 78.4 cm³/mol. The first kappa shape index (κ1) is 12.2. The van der Waals surface area contributed by atoms with Crippen LogP contribution in [-0.2, 0) is 0 Å². The standard InChI is InChI=1S/C16H12N2O2/c19-16(20)13-8-9-17-10-15(13)18-14-7-3-5-11-4-1-2-6-12(11)14/h1-10,18H,(H,19,20). The van der Waals surface area contributed by atoms with Gasteiger partial charge < -0.3 is 10.4 Å². The van der Waals surface area contributed by atoms with Crippen LogP contribution in [0, 0.1) is 0 Å². The molecular formula is C16H12N2O2. The first-order chi connectivity index (χ1) is 9.75. The van der Waals surface area contributed by atoms with Crippen molar-refractivity contribution < 1.29 is 9.90 Å². The van der Waals surface area contributed by atoms with Gasteiger partial charge in [-0.2, -0.15) is 0 Å². The first-order valence-electron chi connectivity index (χ1n) is 6.18. The molecule has 0 amide bonds. The lowest BCUT2D eigenvalue weighted by atomic mass is 10.1. The molecular weight excluding hydrogens is 252 g/mol. The smallest absolute Gasteiger partial charge is 0.337 e. The van der Waals surface area contributed by atoms with Gasteiger partial charge in [0, 0.05) is 17.3 Å². The maximum Gasteiger partial charge on any atom is 0.337 e. The van der Waals surface area contributed by atoms with E-state index in [1.165, 1.54) is 18.5 Å². The van der Waals surface area contributed by atoms with E-state index in [-0.39, 0.29) is 5.56 Å². The van der Waals surface area contributed by atoms with Crippen molar-refractivity contribution in [2.24, 2.45) is 0 Å². The van der Waals surface area contributed by atoms with Crippen molar-refractivity contribution in [3.63, 3.8) is 0 Å². The fourth-order valence-corrected chi connectivity index (χ4v) is 2.16. The zero-order valence-electron chi connectivity index (χ0n) is 10.6. The van der Waals surface area contributed by atoms with Crippen molar-refractivity contribution >= 4 is 28.1 Å². The number of carbonyl (C=O) groups is 1. The molecule has 1 aromatic heterocycles. The molecule has 4 nitrogen and oxygen atoms in total. The van der Waals surface area contributed by atoms with Crippen molar-refractivity contribution in [1.82, 2.24) is 4.98 Å². The molecule has 0 unspecified atom stereocenters. The largest absolute Gasteiger partial charge is 0.478 e. The van der Waals surface area contributed by atoms with E-state index in [4.69, 9.17) is 0 Å². The molecule has 3 rings (SSSR count). The molecule has 0 aliphatic rings. The molecule has 98 valence electrons. The minimum Gasteiger partial charge on any atom is -0.478 e. The van der Waals surface area contributed by atoms with Crippen LogP contribution >= 0.6 is 0 Å². The second-order valence-electron chi connectivity index (χ2n) is 4.38. The number of carboxylic acid groups (broad SMARTS) is 1. The van der Waals surface area contributed by atoms with Crippen LogP contribution in [0.15, 0.2) is 60.9 Å². The van der Waals surface area contributed by atoms with E-state index < -0.39 is 5.97 Å². The lowest BCUT2D eigenvalue weighted by molar-refractivity contribution is 0.0698. The van der Waals surface area contributed by atoms with Crippen molar-refractivity contribution in [2.75, 3.05) is 5.32 Å². The average Bonchev–Trinajstić information content (AvgIpc) is 2.48. The van der Waals surface area contributed by atoms with Crippen molar-refractivity contribution in [3.8, 4) is 0 Å². The molecule has 3 aromatic rings. The van der Waals surface area contributed by atoms with E-state index in [9.17, 15) is 9.90 Å². The van der Waals surface area contributed by atoms with Gasteiger partial charge in [0.2, 0.25) is 0 Å². The number of aromatic carboxylic acids is 1. The van der Waals surface area contributed by atoms with Crippen LogP contribution in [0.1, 0.15) is 10.4 Å². The van der Waals surface area contributed by atoms with Gasteiger partial charge in [0.05, 0.1) is 17.4 Å². The molecule has 2 aromatic carbocycles. The molecule has 2 N–H and O–H groups in total. The monoisotopic (exact) mass is 264 g/mol. The highest BCUT2D eigenvalue weighted by atomic mass is 16.4. The summed E-state index contributed by atoms with van der Waals surface area (Å²) in [6.45, 7) is 0. The number of hydrogen-bond donors (Lipinski definition) is 2. The number of hydrogen-bond acceptors (Lipinski definition) is 3. The Kier molecular flexibility index (Phi) is 3.05. The Morgan fingerprint density at radius 1 is 1.00 bits per heavy atom. The summed E-state index contributed by atoms with van der Waals surface area (Å²) in [4.78, 5) is 15.2. The number of anilines is 2. The van der Waals surface area contributed by atoms with Crippen LogP contribution in [0.25, 0.3) is 10.8 Å². The van der Waals surface area contributed by atoms with Crippen LogP contribution in [0.3, 0.4) is 0 Å². The van der Waals surface area contributed by atoms with Crippen LogP contribution in [0.4, 0.5) is 11.4 Å². The predicted octanol–water partition coefficient (Wildman–Crippen LogP) is 3.68. The molecule has 1 heterocycles. The summed E-state index contributed by atoms with van der Waals surface area (Å²) < 4.78 is 0. The molecule has 0 atom stereocenters. The third-order valence-corrected chi connectivity index (χ3v) is 3.11. The minimum atomic E-state index is -0.977. The number of nitrogens with zero attached hydrogens (tertiary/aromatic N) is 1. The molecule has 0 bridgehead atoms. The van der Waals surface area contributed by atoms with Gasteiger partial charge >= 0.3 is 5.97 Å². The molecule has 0 saturated heterocycles. The molecule has 20 heavy (non-hydrogen) atoms. The molecule has 0 fully saturated rings. The molecule has 0 aliphatic heterocycles. The average molecular weight is 264 g/mol. The van der Waals surface area contributed by atoms with Gasteiger partial charge in [0.25, 0.3) is 0 Å². The Labute approximate surface area is 115 Å². The summed E-state index contributed by atoms with van der Waals surface area (Å²) in [7, 11) is 0. The van der Waals surface area contributed by atoms with E-state index in [2.05, 4.69) is 10.3 Å². The van der Waals surface area contributed by atoms with Gasteiger partial charge in [-0.1, -0.05) is 36.4 Å². The first-order valence-corrected chi connectivity index (χ1v) is 6.18. The summed E-state index contributed by atoms with van der Waals surface area (Å²) in [6.07, 6.45) is 2.99. The summed E-state index contributed by atoms with van der Waals surface area (Å²) in [5.41, 5.74) is 1.54. The van der Waals surface area contributed by atoms with Crippen LogP contribution in [-0.4, -0.2) is 16.1 Å². The topological polar surface area (TPSA) is 62.2 Å². The second kappa shape index (κ2) is 5.01. The van der Waals surface area contributed by atoms with Crippen LogP contribution < -0.4 is 5.32 Å². The molecule has 0 spiro atoms. The van der Waals surface area contributed by atoms with Crippen molar-refractivity contribution in [1.29, 1.82) is 0 Å².